The van der Waals surface area contributed by atoms with E-state index in [0.717, 1.165) is 32.2 Å². The molecule has 1 aromatic carbocycles. The molecule has 0 amide bonds. The van der Waals surface area contributed by atoms with Crippen LogP contribution in [0.15, 0.2) is 18.2 Å². The average Bonchev–Trinajstić information content (AvgIpc) is 3.26. The first-order valence-electron chi connectivity index (χ1n) is 8.32. The molecule has 0 saturated heterocycles. The van der Waals surface area contributed by atoms with Gasteiger partial charge >= 0.3 is 0 Å². The Morgan fingerprint density at radius 2 is 1.90 bits per heavy atom. The van der Waals surface area contributed by atoms with E-state index >= 15 is 0 Å². The molecule has 0 aliphatic heterocycles. The summed E-state index contributed by atoms with van der Waals surface area (Å²) in [4.78, 5) is 4.78. The normalized spacial score (nSPS) is 14.7. The number of hydrogen-bond acceptors (Lipinski definition) is 3. The van der Waals surface area contributed by atoms with Gasteiger partial charge in [-0.15, -0.1) is 0 Å². The van der Waals surface area contributed by atoms with Crippen molar-refractivity contribution < 1.29 is 0 Å². The van der Waals surface area contributed by atoms with Crippen LogP contribution in [0.3, 0.4) is 0 Å². The molecule has 2 rings (SSSR count). The van der Waals surface area contributed by atoms with Crippen LogP contribution >= 0.6 is 0 Å². The smallest absolute Gasteiger partial charge is 0.0396 e. The third-order valence-electron chi connectivity index (χ3n) is 4.08. The van der Waals surface area contributed by atoms with Crippen LogP contribution in [-0.2, 0) is 6.54 Å². The highest BCUT2D eigenvalue weighted by molar-refractivity contribution is 5.54. The monoisotopic (exact) mass is 289 g/mol. The van der Waals surface area contributed by atoms with Crippen molar-refractivity contribution in [2.45, 2.75) is 45.7 Å². The number of anilines is 1. The van der Waals surface area contributed by atoms with Gasteiger partial charge in [-0.05, 0) is 57.5 Å². The molecule has 1 aromatic rings. The second-order valence-electron chi connectivity index (χ2n) is 6.57. The van der Waals surface area contributed by atoms with Crippen molar-refractivity contribution >= 4 is 5.69 Å². The van der Waals surface area contributed by atoms with Crippen LogP contribution in [0.25, 0.3) is 0 Å². The zero-order valence-corrected chi connectivity index (χ0v) is 14.2. The van der Waals surface area contributed by atoms with Gasteiger partial charge in [0.15, 0.2) is 0 Å². The molecule has 0 unspecified atom stereocenters. The molecule has 0 aromatic heterocycles. The Morgan fingerprint density at radius 3 is 2.48 bits per heavy atom. The Labute approximate surface area is 130 Å². The fourth-order valence-electron chi connectivity index (χ4n) is 2.68. The van der Waals surface area contributed by atoms with Gasteiger partial charge in [0.2, 0.25) is 0 Å². The summed E-state index contributed by atoms with van der Waals surface area (Å²) in [6.07, 6.45) is 3.90. The minimum Gasteiger partial charge on any atom is -0.370 e. The predicted octanol–water partition coefficient (Wildman–Crippen LogP) is 3.03. The average molecular weight is 289 g/mol. The standard InChI is InChI=1S/C18H31N3/c1-5-10-21(12-11-20(3)4)18-9-6-16(13-15(18)2)14-19-17-7-8-17/h6,9,13,17,19H,5,7-8,10-12,14H2,1-4H3. The molecular weight excluding hydrogens is 258 g/mol. The van der Waals surface area contributed by atoms with Crippen molar-refractivity contribution in [2.75, 3.05) is 38.6 Å². The van der Waals surface area contributed by atoms with E-state index in [1.807, 2.05) is 0 Å². The molecule has 1 aliphatic rings. The largest absolute Gasteiger partial charge is 0.370 e. The second-order valence-corrected chi connectivity index (χ2v) is 6.57. The molecule has 1 aliphatic carbocycles. The Kier molecular flexibility index (Phi) is 6.07. The van der Waals surface area contributed by atoms with Crippen LogP contribution in [-0.4, -0.2) is 44.7 Å². The maximum atomic E-state index is 3.59. The molecule has 1 saturated carbocycles. The summed E-state index contributed by atoms with van der Waals surface area (Å²) in [6.45, 7) is 8.84. The van der Waals surface area contributed by atoms with Gasteiger partial charge in [-0.1, -0.05) is 19.1 Å². The number of nitrogens with zero attached hydrogens (tertiary/aromatic N) is 2. The second kappa shape index (κ2) is 7.81. The van der Waals surface area contributed by atoms with E-state index in [2.05, 4.69) is 61.3 Å². The van der Waals surface area contributed by atoms with Gasteiger partial charge in [0, 0.05) is 37.9 Å². The third-order valence-corrected chi connectivity index (χ3v) is 4.08. The molecule has 3 nitrogen and oxygen atoms in total. The van der Waals surface area contributed by atoms with Crippen molar-refractivity contribution in [1.29, 1.82) is 0 Å². The lowest BCUT2D eigenvalue weighted by Gasteiger charge is -2.28. The molecule has 118 valence electrons. The van der Waals surface area contributed by atoms with E-state index in [-0.39, 0.29) is 0 Å². The van der Waals surface area contributed by atoms with Gasteiger partial charge in [0.25, 0.3) is 0 Å². The van der Waals surface area contributed by atoms with E-state index in [4.69, 9.17) is 0 Å². The van der Waals surface area contributed by atoms with Crippen LogP contribution < -0.4 is 10.2 Å². The molecule has 0 atom stereocenters. The Morgan fingerprint density at radius 1 is 1.14 bits per heavy atom. The van der Waals surface area contributed by atoms with E-state index < -0.39 is 0 Å². The van der Waals surface area contributed by atoms with E-state index in [0.29, 0.717) is 0 Å². The highest BCUT2D eigenvalue weighted by Crippen LogP contribution is 2.23. The van der Waals surface area contributed by atoms with Crippen LogP contribution in [0.1, 0.15) is 37.3 Å². The van der Waals surface area contributed by atoms with Gasteiger partial charge in [-0.2, -0.15) is 0 Å². The molecule has 0 bridgehead atoms. The minimum absolute atomic E-state index is 0.779. The number of rotatable bonds is 9. The van der Waals surface area contributed by atoms with Crippen LogP contribution in [0.4, 0.5) is 5.69 Å². The summed E-state index contributed by atoms with van der Waals surface area (Å²) < 4.78 is 0. The van der Waals surface area contributed by atoms with Crippen molar-refractivity contribution in [3.63, 3.8) is 0 Å². The highest BCUT2D eigenvalue weighted by atomic mass is 15.2. The van der Waals surface area contributed by atoms with Gasteiger partial charge < -0.3 is 15.1 Å². The van der Waals surface area contributed by atoms with Crippen molar-refractivity contribution in [3.8, 4) is 0 Å². The Balaban J connectivity index is 2.00. The summed E-state index contributed by atoms with van der Waals surface area (Å²) in [5.74, 6) is 0. The van der Waals surface area contributed by atoms with Crippen LogP contribution in [0.5, 0.6) is 0 Å². The molecule has 3 heteroatoms. The summed E-state index contributed by atoms with van der Waals surface area (Å²) >= 11 is 0. The number of benzene rings is 1. The maximum Gasteiger partial charge on any atom is 0.0396 e. The lowest BCUT2D eigenvalue weighted by atomic mass is 10.1. The first kappa shape index (κ1) is 16.3. The molecule has 0 spiro atoms. The number of nitrogens with one attached hydrogen (secondary N) is 1. The quantitative estimate of drug-likeness (QED) is 0.754. The summed E-state index contributed by atoms with van der Waals surface area (Å²) in [6, 6.07) is 7.73. The van der Waals surface area contributed by atoms with Crippen molar-refractivity contribution in [3.05, 3.63) is 29.3 Å². The lowest BCUT2D eigenvalue weighted by Crippen LogP contribution is -2.32. The minimum atomic E-state index is 0.779. The van der Waals surface area contributed by atoms with Gasteiger partial charge in [0.05, 0.1) is 0 Å². The van der Waals surface area contributed by atoms with E-state index in [1.54, 1.807) is 0 Å². The Hall–Kier alpha value is -1.06. The summed E-state index contributed by atoms with van der Waals surface area (Å²) in [7, 11) is 4.28. The molecule has 1 N–H and O–H groups in total. The fourth-order valence-corrected chi connectivity index (χ4v) is 2.68. The van der Waals surface area contributed by atoms with Crippen LogP contribution in [0, 0.1) is 6.92 Å². The van der Waals surface area contributed by atoms with Gasteiger partial charge in [0.1, 0.15) is 0 Å². The van der Waals surface area contributed by atoms with E-state index in [1.165, 1.54) is 36.1 Å². The van der Waals surface area contributed by atoms with Gasteiger partial charge in [-0.25, -0.2) is 0 Å². The highest BCUT2D eigenvalue weighted by Gasteiger charge is 2.20. The van der Waals surface area contributed by atoms with Crippen molar-refractivity contribution in [2.24, 2.45) is 0 Å². The molecule has 21 heavy (non-hydrogen) atoms. The molecule has 0 radical (unpaired) electrons. The van der Waals surface area contributed by atoms with Crippen LogP contribution in [0.2, 0.25) is 0 Å². The SMILES string of the molecule is CCCN(CCN(C)C)c1ccc(CNC2CC2)cc1C. The first-order chi connectivity index (χ1) is 10.1. The summed E-state index contributed by atoms with van der Waals surface area (Å²) in [5.41, 5.74) is 4.21. The number of aryl methyl sites for hydroxylation is 1. The Bertz CT molecular complexity index is 438. The third kappa shape index (κ3) is 5.33. The topological polar surface area (TPSA) is 18.5 Å². The first-order valence-corrected chi connectivity index (χ1v) is 8.32. The molecule has 1 fully saturated rings. The molecular formula is C18H31N3. The fraction of sp³-hybridized carbons (Fsp3) is 0.667. The van der Waals surface area contributed by atoms with E-state index in [9.17, 15) is 0 Å². The molecule has 0 heterocycles. The van der Waals surface area contributed by atoms with Gasteiger partial charge in [-0.3, -0.25) is 0 Å². The number of likely N-dealkylation sites (N-methyl/N-ethyl adjacent to an activating group) is 1. The van der Waals surface area contributed by atoms with Crippen molar-refractivity contribution in [1.82, 2.24) is 10.2 Å². The number of hydrogen-bond donors (Lipinski definition) is 1. The zero-order valence-electron chi connectivity index (χ0n) is 14.2. The predicted molar refractivity (Wildman–Crippen MR) is 92.1 cm³/mol. The maximum absolute atomic E-state index is 3.59. The summed E-state index contributed by atoms with van der Waals surface area (Å²) in [5, 5.41) is 3.59. The lowest BCUT2D eigenvalue weighted by molar-refractivity contribution is 0.413. The zero-order chi connectivity index (χ0) is 15.2.